The Morgan fingerprint density at radius 3 is 0.898 bits per heavy atom. The third kappa shape index (κ3) is 42.9. The van der Waals surface area contributed by atoms with E-state index in [1.807, 2.05) is 326 Å². The van der Waals surface area contributed by atoms with Gasteiger partial charge in [-0.2, -0.15) is 0 Å². The summed E-state index contributed by atoms with van der Waals surface area (Å²) >= 11 is 0. The van der Waals surface area contributed by atoms with Crippen LogP contribution in [0.2, 0.25) is 0 Å². The average molecular weight is 1760 g/mol. The molecule has 1 saturated carbocycles. The summed E-state index contributed by atoms with van der Waals surface area (Å²) < 4.78 is 1.89. The van der Waals surface area contributed by atoms with Crippen molar-refractivity contribution >= 4 is 52.0 Å². The summed E-state index contributed by atoms with van der Waals surface area (Å²) in [5, 5.41) is 6.53. The summed E-state index contributed by atoms with van der Waals surface area (Å²) in [7, 11) is 4.09. The molecule has 710 valence electrons. The van der Waals surface area contributed by atoms with Crippen molar-refractivity contribution in [2.24, 2.45) is 79.3 Å². The van der Waals surface area contributed by atoms with Crippen molar-refractivity contribution in [2.45, 2.75) is 297 Å². The number of nitrogens with zero attached hydrogens (tertiary/aromatic N) is 4. The molecule has 16 nitrogen and oxygen atoms in total. The normalized spacial score (nSPS) is 16.9. The van der Waals surface area contributed by atoms with Crippen LogP contribution in [0, 0.1) is 66.5 Å². The zero-order valence-corrected chi connectivity index (χ0v) is 85.6. The Bertz CT molecular complexity index is 4170. The zero-order valence-electron chi connectivity index (χ0n) is 85.6. The van der Waals surface area contributed by atoms with Crippen LogP contribution >= 0.6 is 0 Å². The number of nitrogens with one attached hydrogen (secondary N) is 2. The van der Waals surface area contributed by atoms with Gasteiger partial charge in [-0.3, -0.25) is 53.0 Å². The number of rotatable bonds is 15. The molecular formula is C112H174N7O9+. The molecule has 128 heavy (non-hydrogen) atoms. The fourth-order valence-electron chi connectivity index (χ4n) is 15.1. The number of aryl methyl sites for hydroxylation is 2. The SMILES string of the molecule is CC(C)(C)C(=O)C1CCCCC1.CC(C)(C)C(=O)C1CCCNC1.CC(C)(C)C(=O)C1CCCNC1.CC(C)(C)C(=O)c1ccc(CN)cc1.CC(C)(C)C(=O)c1ccc(CN2CCCCC2)cc1.CC(C)(C)C(=O)c1ccccc1.CCc1ccc(C(=O)C(C)(C)C)cc1.CN1CCN(Cc2ccc(C(=O)C(C)(C)C)cc2)CC1.C[n+]1cccc(C(=O)C(C)(C)C)c1. The van der Waals surface area contributed by atoms with Gasteiger partial charge in [0.15, 0.2) is 47.1 Å². The Hall–Kier alpha value is -7.96. The van der Waals surface area contributed by atoms with Gasteiger partial charge < -0.3 is 21.3 Å². The van der Waals surface area contributed by atoms with E-state index in [0.29, 0.717) is 29.8 Å². The molecule has 11 rings (SSSR count). The molecule has 1 aromatic heterocycles. The van der Waals surface area contributed by atoms with Crippen LogP contribution in [0.5, 0.6) is 0 Å². The van der Waals surface area contributed by atoms with E-state index in [1.165, 1.54) is 68.3 Å². The number of hydrogen-bond acceptors (Lipinski definition) is 15. The average Bonchev–Trinajstić information content (AvgIpc) is 0.824. The zero-order chi connectivity index (χ0) is 97.0. The molecule has 5 heterocycles. The van der Waals surface area contributed by atoms with E-state index in [9.17, 15) is 43.2 Å². The number of Topliss-reactive ketones (excluding diaryl/α,β-unsaturated/α-hetero) is 9. The van der Waals surface area contributed by atoms with Gasteiger partial charge in [0.1, 0.15) is 24.4 Å². The molecule has 5 fully saturated rings. The van der Waals surface area contributed by atoms with Crippen LogP contribution in [-0.2, 0) is 47.5 Å². The van der Waals surface area contributed by atoms with Crippen molar-refractivity contribution < 1.29 is 47.7 Å². The molecule has 2 atom stereocenters. The van der Waals surface area contributed by atoms with Gasteiger partial charge in [-0.1, -0.05) is 347 Å². The van der Waals surface area contributed by atoms with Crippen LogP contribution in [0.3, 0.4) is 0 Å². The number of benzene rings is 5. The third-order valence-corrected chi connectivity index (χ3v) is 23.2. The van der Waals surface area contributed by atoms with Crippen molar-refractivity contribution in [3.8, 4) is 0 Å². The number of hydrogen-bond donors (Lipinski definition) is 3. The third-order valence-electron chi connectivity index (χ3n) is 23.2. The molecule has 4 saturated heterocycles. The minimum atomic E-state index is -0.315. The smallest absolute Gasteiger partial charge is 0.179 e. The Morgan fingerprint density at radius 2 is 0.602 bits per heavy atom. The van der Waals surface area contributed by atoms with Gasteiger partial charge in [-0.25, -0.2) is 4.57 Å². The van der Waals surface area contributed by atoms with Gasteiger partial charge in [0.25, 0.3) is 0 Å². The number of likely N-dealkylation sites (tertiary alicyclic amines) is 1. The summed E-state index contributed by atoms with van der Waals surface area (Å²) in [5.41, 5.74) is 13.0. The summed E-state index contributed by atoms with van der Waals surface area (Å²) in [6.07, 6.45) is 19.3. The number of ketones is 9. The topological polar surface area (TPSA) is 217 Å². The molecule has 0 bridgehead atoms. The molecule has 0 radical (unpaired) electrons. The summed E-state index contributed by atoms with van der Waals surface area (Å²) in [5.74, 6) is 3.39. The molecule has 5 aliphatic rings. The Kier molecular flexibility index (Phi) is 47.2. The second kappa shape index (κ2) is 52.9. The molecule has 4 aliphatic heterocycles. The first-order valence-electron chi connectivity index (χ1n) is 47.7. The highest BCUT2D eigenvalue weighted by molar-refractivity contribution is 6.02. The minimum Gasteiger partial charge on any atom is -0.326 e. The van der Waals surface area contributed by atoms with Crippen molar-refractivity contribution in [3.63, 3.8) is 0 Å². The van der Waals surface area contributed by atoms with Gasteiger partial charge >= 0.3 is 0 Å². The van der Waals surface area contributed by atoms with Gasteiger partial charge in [-0.05, 0) is 119 Å². The van der Waals surface area contributed by atoms with Crippen LogP contribution in [0.1, 0.15) is 355 Å². The molecule has 1 aliphatic carbocycles. The summed E-state index contributed by atoms with van der Waals surface area (Å²) in [6.45, 7) is 68.6. The Balaban J connectivity index is 0.000000374. The fraction of sp³-hybridized carbons (Fsp3) is 0.607. The predicted octanol–water partition coefficient (Wildman–Crippen LogP) is 23.5. The van der Waals surface area contributed by atoms with E-state index in [-0.39, 0.29) is 95.3 Å². The molecule has 0 amide bonds. The first-order chi connectivity index (χ1) is 59.2. The second-order valence-corrected chi connectivity index (χ2v) is 45.1. The van der Waals surface area contributed by atoms with E-state index in [0.717, 1.165) is 149 Å². The maximum absolute atomic E-state index is 12.2. The van der Waals surface area contributed by atoms with Crippen LogP contribution < -0.4 is 20.9 Å². The number of carbonyl (C=O) groups excluding carboxylic acids is 9. The van der Waals surface area contributed by atoms with Crippen molar-refractivity contribution in [1.29, 1.82) is 0 Å². The highest BCUT2D eigenvalue weighted by atomic mass is 16.2. The quantitative estimate of drug-likeness (QED) is 0.0643. The first-order valence-corrected chi connectivity index (χ1v) is 47.7. The molecular weight excluding hydrogens is 1590 g/mol. The van der Waals surface area contributed by atoms with E-state index < -0.39 is 0 Å². The minimum absolute atomic E-state index is 0.123. The number of nitrogens with two attached hydrogens (primary N) is 1. The first kappa shape index (κ1) is 114. The molecule has 0 spiro atoms. The van der Waals surface area contributed by atoms with Gasteiger partial charge in [-0.15, -0.1) is 0 Å². The maximum atomic E-state index is 12.2. The lowest BCUT2D eigenvalue weighted by Crippen LogP contribution is -2.43. The Labute approximate surface area is 776 Å². The summed E-state index contributed by atoms with van der Waals surface area (Å²) in [6, 6.07) is 44.8. The van der Waals surface area contributed by atoms with Crippen LogP contribution in [0.25, 0.3) is 0 Å². The van der Waals surface area contributed by atoms with Crippen molar-refractivity contribution in [3.05, 3.63) is 208 Å². The molecule has 16 heteroatoms. The highest BCUT2D eigenvalue weighted by Crippen LogP contribution is 2.33. The van der Waals surface area contributed by atoms with Gasteiger partial charge in [0.2, 0.25) is 0 Å². The van der Waals surface area contributed by atoms with Crippen LogP contribution in [0.15, 0.2) is 152 Å². The van der Waals surface area contributed by atoms with E-state index in [2.05, 4.69) is 63.6 Å². The lowest BCUT2D eigenvalue weighted by atomic mass is 9.76. The van der Waals surface area contributed by atoms with Crippen LogP contribution in [-0.4, -0.2) is 139 Å². The molecule has 5 aromatic carbocycles. The second-order valence-electron chi connectivity index (χ2n) is 45.1. The standard InChI is InChI=1S/C17H26N2O.C17H25NO.C13H18O.C12H17NO.C11H16NO.C11H20O.C11H14O.2C10H19NO/c1-17(2,3)16(20)15-7-5-14(6-8-15)13-19-11-9-18(4)10-12-19;1-17(2,3)16(19)15-9-7-14(8-10-15)13-18-11-5-4-6-12-18;1-5-10-6-8-11(9-7-10)12(14)13(2,3)4;1-12(2,3)11(14)10-6-4-9(8-13)5-7-10;1-11(2,3)10(13)9-6-5-7-12(4)8-9;2*1-11(2,3)10(12)9-7-5-4-6-8-9;2*1-10(2,3)9(12)8-5-4-6-11-7-8/h5-8H,9-13H2,1-4H3;7-10H,4-6,11-13H2,1-3H3;6-9H,5H2,1-4H3;4-7H,8,13H2,1-3H3;5-8H,1-4H3;9H,4-8H2,1-3H3;4-8H,1-3H3;2*8,11H,4-7H2,1-3H3/q;;;;+1;;;;. The number of pyridine rings is 1. The highest BCUT2D eigenvalue weighted by Gasteiger charge is 2.34. The lowest BCUT2D eigenvalue weighted by molar-refractivity contribution is -0.671. The fourth-order valence-corrected chi connectivity index (χ4v) is 15.1. The van der Waals surface area contributed by atoms with Gasteiger partial charge in [0.05, 0.1) is 5.56 Å². The predicted molar refractivity (Wildman–Crippen MR) is 533 cm³/mol. The van der Waals surface area contributed by atoms with E-state index in [1.54, 1.807) is 0 Å². The molecule has 4 N–H and O–H groups in total. The van der Waals surface area contributed by atoms with Crippen LogP contribution in [0.4, 0.5) is 0 Å². The summed E-state index contributed by atoms with van der Waals surface area (Å²) in [4.78, 5) is 114. The number of piperidine rings is 3. The number of likely N-dealkylation sites (N-methyl/N-ethyl adjacent to an activating group) is 1. The largest absolute Gasteiger partial charge is 0.326 e. The number of aromatic nitrogens is 1. The Morgan fingerprint density at radius 1 is 0.320 bits per heavy atom. The monoisotopic (exact) mass is 1760 g/mol. The number of carbonyl (C=O) groups is 9. The molecule has 6 aromatic rings. The maximum Gasteiger partial charge on any atom is 0.179 e. The van der Waals surface area contributed by atoms with Gasteiger partial charge in [0, 0.05) is 159 Å². The van der Waals surface area contributed by atoms with Crippen molar-refractivity contribution in [2.75, 3.05) is 72.5 Å². The van der Waals surface area contributed by atoms with E-state index >= 15 is 0 Å². The molecule has 2 unspecified atom stereocenters. The van der Waals surface area contributed by atoms with Crippen molar-refractivity contribution in [1.82, 2.24) is 25.3 Å². The lowest BCUT2D eigenvalue weighted by Gasteiger charge is -2.32. The number of piperazine rings is 1. The van der Waals surface area contributed by atoms with E-state index in [4.69, 9.17) is 5.73 Å².